The fraction of sp³-hybridized carbons (Fsp3) is 0.417. The van der Waals surface area contributed by atoms with E-state index in [0.29, 0.717) is 6.42 Å². The van der Waals surface area contributed by atoms with Gasteiger partial charge < -0.3 is 15.4 Å². The van der Waals surface area contributed by atoms with Gasteiger partial charge in [0.2, 0.25) is 5.91 Å². The molecule has 1 aromatic carbocycles. The fourth-order valence-electron chi connectivity index (χ4n) is 1.86. The Labute approximate surface area is 109 Å². The van der Waals surface area contributed by atoms with Crippen LogP contribution in [0, 0.1) is 0 Å². The number of halogens is 1. The number of hydrogen-bond acceptors (Lipinski definition) is 3. The van der Waals surface area contributed by atoms with Crippen LogP contribution in [0.2, 0.25) is 0 Å². The van der Waals surface area contributed by atoms with Crippen molar-refractivity contribution in [3.63, 3.8) is 0 Å². The van der Waals surface area contributed by atoms with Gasteiger partial charge >= 0.3 is 0 Å². The molecule has 1 amide bonds. The van der Waals surface area contributed by atoms with Crippen LogP contribution in [-0.4, -0.2) is 31.7 Å². The number of carbonyl (C=O) groups excluding carboxylic acids is 1. The van der Waals surface area contributed by atoms with Gasteiger partial charge in [-0.3, -0.25) is 4.79 Å². The molecule has 2 atom stereocenters. The molecular weight excluding hydrogens is 284 g/mol. The largest absolute Gasteiger partial charge is 0.380 e. The minimum atomic E-state index is -0.174. The second-order valence-corrected chi connectivity index (χ2v) is 4.88. The summed E-state index contributed by atoms with van der Waals surface area (Å²) in [5, 5.41) is 6.04. The number of nitrogens with one attached hydrogen (secondary N) is 2. The minimum Gasteiger partial charge on any atom is -0.380 e. The Morgan fingerprint density at radius 1 is 1.53 bits per heavy atom. The average molecular weight is 299 g/mol. The third kappa shape index (κ3) is 3.06. The van der Waals surface area contributed by atoms with Crippen LogP contribution >= 0.6 is 15.9 Å². The monoisotopic (exact) mass is 298 g/mol. The van der Waals surface area contributed by atoms with Gasteiger partial charge in [0.1, 0.15) is 0 Å². The Balaban J connectivity index is 1.96. The summed E-state index contributed by atoms with van der Waals surface area (Å²) in [6.45, 7) is 0.727. The average Bonchev–Trinajstić information content (AvgIpc) is 2.81. The van der Waals surface area contributed by atoms with Crippen LogP contribution < -0.4 is 10.6 Å². The van der Waals surface area contributed by atoms with Gasteiger partial charge in [-0.05, 0) is 34.5 Å². The summed E-state index contributed by atoms with van der Waals surface area (Å²) in [5.41, 5.74) is 0.792. The molecule has 1 aliphatic rings. The number of ether oxygens (including phenoxy) is 1. The van der Waals surface area contributed by atoms with Gasteiger partial charge in [-0.2, -0.15) is 0 Å². The maximum absolute atomic E-state index is 12.0. The fourth-order valence-corrected chi connectivity index (χ4v) is 2.25. The van der Waals surface area contributed by atoms with Crippen molar-refractivity contribution in [2.75, 3.05) is 19.0 Å². The van der Waals surface area contributed by atoms with Gasteiger partial charge in [0.25, 0.3) is 0 Å². The number of rotatable bonds is 3. The van der Waals surface area contributed by atoms with Gasteiger partial charge in [0.05, 0.1) is 17.8 Å². The number of hydrogen-bond donors (Lipinski definition) is 2. The Kier molecular flexibility index (Phi) is 4.15. The minimum absolute atomic E-state index is 0.0172. The van der Waals surface area contributed by atoms with E-state index in [-0.39, 0.29) is 18.1 Å². The highest BCUT2D eigenvalue weighted by atomic mass is 79.9. The molecule has 0 saturated carbocycles. The predicted octanol–water partition coefficient (Wildman–Crippen LogP) is 1.76. The Morgan fingerprint density at radius 3 is 2.94 bits per heavy atom. The van der Waals surface area contributed by atoms with Crippen molar-refractivity contribution in [2.45, 2.75) is 18.6 Å². The second-order valence-electron chi connectivity index (χ2n) is 4.02. The smallest absolute Gasteiger partial charge is 0.241 e. The molecule has 0 aliphatic carbocycles. The molecule has 1 saturated heterocycles. The van der Waals surface area contributed by atoms with E-state index >= 15 is 0 Å². The zero-order valence-electron chi connectivity index (χ0n) is 9.57. The summed E-state index contributed by atoms with van der Waals surface area (Å²) in [4.78, 5) is 12.0. The van der Waals surface area contributed by atoms with Gasteiger partial charge in [-0.15, -0.1) is 0 Å². The van der Waals surface area contributed by atoms with Crippen molar-refractivity contribution in [3.8, 4) is 0 Å². The van der Waals surface area contributed by atoms with E-state index < -0.39 is 0 Å². The number of amides is 1. The molecule has 1 fully saturated rings. The summed E-state index contributed by atoms with van der Waals surface area (Å²) >= 11 is 3.40. The van der Waals surface area contributed by atoms with Crippen LogP contribution in [0.25, 0.3) is 0 Å². The van der Waals surface area contributed by atoms with Crippen LogP contribution in [0.4, 0.5) is 5.69 Å². The highest BCUT2D eigenvalue weighted by Crippen LogP contribution is 2.22. The Hall–Kier alpha value is -0.910. The molecular formula is C12H15BrN2O2. The first-order chi connectivity index (χ1) is 8.20. The van der Waals surface area contributed by atoms with Crippen molar-refractivity contribution in [2.24, 2.45) is 0 Å². The molecule has 2 unspecified atom stereocenters. The molecule has 2 rings (SSSR count). The first-order valence-corrected chi connectivity index (χ1v) is 6.31. The third-order valence-corrected chi connectivity index (χ3v) is 3.56. The zero-order chi connectivity index (χ0) is 12.3. The molecule has 4 nitrogen and oxygen atoms in total. The van der Waals surface area contributed by atoms with Crippen molar-refractivity contribution < 1.29 is 9.53 Å². The highest BCUT2D eigenvalue weighted by Gasteiger charge is 2.29. The molecule has 1 aliphatic heterocycles. The van der Waals surface area contributed by atoms with Gasteiger partial charge in [0, 0.05) is 18.1 Å². The topological polar surface area (TPSA) is 50.4 Å². The van der Waals surface area contributed by atoms with Crippen molar-refractivity contribution in [3.05, 3.63) is 28.7 Å². The number of para-hydroxylation sites is 1. The first kappa shape index (κ1) is 12.5. The Bertz CT molecular complexity index is 411. The lowest BCUT2D eigenvalue weighted by molar-refractivity contribution is -0.118. The van der Waals surface area contributed by atoms with E-state index in [1.54, 1.807) is 7.11 Å². The van der Waals surface area contributed by atoms with Crippen LogP contribution in [0.3, 0.4) is 0 Å². The molecule has 0 spiro atoms. The lowest BCUT2D eigenvalue weighted by Crippen LogP contribution is -2.35. The number of benzene rings is 1. The van der Waals surface area contributed by atoms with Crippen LogP contribution in [0.5, 0.6) is 0 Å². The summed E-state index contributed by atoms with van der Waals surface area (Å²) in [6.07, 6.45) is 0.845. The van der Waals surface area contributed by atoms with Crippen molar-refractivity contribution in [1.82, 2.24) is 5.32 Å². The quantitative estimate of drug-likeness (QED) is 0.894. The maximum atomic E-state index is 12.0. The zero-order valence-corrected chi connectivity index (χ0v) is 11.2. The first-order valence-electron chi connectivity index (χ1n) is 5.52. The standard InChI is InChI=1S/C12H15BrN2O2/c1-17-8-6-11(14-7-8)12(16)15-10-5-3-2-4-9(10)13/h2-5,8,11,14H,6-7H2,1H3,(H,15,16). The van der Waals surface area contributed by atoms with Gasteiger partial charge in [0.15, 0.2) is 0 Å². The van der Waals surface area contributed by atoms with Crippen LogP contribution in [0.15, 0.2) is 28.7 Å². The van der Waals surface area contributed by atoms with Gasteiger partial charge in [-0.25, -0.2) is 0 Å². The molecule has 1 aromatic rings. The lowest BCUT2D eigenvalue weighted by atomic mass is 10.2. The second kappa shape index (κ2) is 5.62. The lowest BCUT2D eigenvalue weighted by Gasteiger charge is -2.12. The molecule has 5 heteroatoms. The molecule has 0 radical (unpaired) electrons. The molecule has 1 heterocycles. The predicted molar refractivity (Wildman–Crippen MR) is 70.0 cm³/mol. The SMILES string of the molecule is COC1CNC(C(=O)Nc2ccccc2Br)C1. The summed E-state index contributed by atoms with van der Waals surface area (Å²) in [6, 6.07) is 7.39. The molecule has 92 valence electrons. The van der Waals surface area contributed by atoms with E-state index in [0.717, 1.165) is 16.7 Å². The van der Waals surface area contributed by atoms with E-state index in [4.69, 9.17) is 4.74 Å². The highest BCUT2D eigenvalue weighted by molar-refractivity contribution is 9.10. The summed E-state index contributed by atoms with van der Waals surface area (Å²) in [5.74, 6) is -0.0172. The molecule has 17 heavy (non-hydrogen) atoms. The van der Waals surface area contributed by atoms with Crippen molar-refractivity contribution >= 4 is 27.5 Å². The summed E-state index contributed by atoms with van der Waals surface area (Å²) in [7, 11) is 1.67. The van der Waals surface area contributed by atoms with E-state index in [2.05, 4.69) is 26.6 Å². The molecule has 0 bridgehead atoms. The number of methoxy groups -OCH3 is 1. The number of anilines is 1. The van der Waals surface area contributed by atoms with Crippen molar-refractivity contribution in [1.29, 1.82) is 0 Å². The molecule has 2 N–H and O–H groups in total. The normalized spacial score (nSPS) is 23.6. The van der Waals surface area contributed by atoms with E-state index in [1.165, 1.54) is 0 Å². The number of carbonyl (C=O) groups is 1. The Morgan fingerprint density at radius 2 is 2.29 bits per heavy atom. The summed E-state index contributed by atoms with van der Waals surface area (Å²) < 4.78 is 6.10. The van der Waals surface area contributed by atoms with Crippen LogP contribution in [0.1, 0.15) is 6.42 Å². The van der Waals surface area contributed by atoms with E-state index in [9.17, 15) is 4.79 Å². The third-order valence-electron chi connectivity index (χ3n) is 2.87. The van der Waals surface area contributed by atoms with Crippen LogP contribution in [-0.2, 0) is 9.53 Å². The van der Waals surface area contributed by atoms with Gasteiger partial charge in [-0.1, -0.05) is 12.1 Å². The molecule has 0 aromatic heterocycles. The van der Waals surface area contributed by atoms with E-state index in [1.807, 2.05) is 24.3 Å². The maximum Gasteiger partial charge on any atom is 0.241 e.